The highest BCUT2D eigenvalue weighted by atomic mass is 35.5. The van der Waals surface area contributed by atoms with Crippen LogP contribution in [0, 0.1) is 5.82 Å². The lowest BCUT2D eigenvalue weighted by atomic mass is 10.1. The number of amides is 1. The molecule has 2 aromatic carbocycles. The number of pyridine rings is 1. The van der Waals surface area contributed by atoms with Gasteiger partial charge in [0.15, 0.2) is 0 Å². The Morgan fingerprint density at radius 1 is 1.14 bits per heavy atom. The Morgan fingerprint density at radius 3 is 2.57 bits per heavy atom. The summed E-state index contributed by atoms with van der Waals surface area (Å²) in [6, 6.07) is 16.3. The van der Waals surface area contributed by atoms with E-state index in [1.165, 1.54) is 17.0 Å². The van der Waals surface area contributed by atoms with Crippen LogP contribution < -0.4 is 9.64 Å². The van der Waals surface area contributed by atoms with Crippen molar-refractivity contribution in [1.82, 2.24) is 4.98 Å². The van der Waals surface area contributed by atoms with Gasteiger partial charge in [-0.15, -0.1) is 0 Å². The Bertz CT molecular complexity index is 942. The maximum atomic E-state index is 14.3. The van der Waals surface area contributed by atoms with Crippen molar-refractivity contribution in [2.45, 2.75) is 6.54 Å². The van der Waals surface area contributed by atoms with Crippen molar-refractivity contribution in [3.8, 4) is 5.75 Å². The second-order valence-electron chi connectivity index (χ2n) is 5.90. The molecule has 0 bridgehead atoms. The average Bonchev–Trinajstić information content (AvgIpc) is 2.73. The molecule has 28 heavy (non-hydrogen) atoms. The van der Waals surface area contributed by atoms with E-state index < -0.39 is 5.82 Å². The quantitative estimate of drug-likeness (QED) is 0.510. The summed E-state index contributed by atoms with van der Waals surface area (Å²) >= 11 is 6.16. The van der Waals surface area contributed by atoms with E-state index in [-0.39, 0.29) is 23.0 Å². The maximum absolute atomic E-state index is 14.3. The molecular formula is C22H18ClFN2O2. The van der Waals surface area contributed by atoms with Crippen LogP contribution in [0.5, 0.6) is 5.75 Å². The highest BCUT2D eigenvalue weighted by molar-refractivity contribution is 6.31. The van der Waals surface area contributed by atoms with E-state index in [9.17, 15) is 9.18 Å². The fraction of sp³-hybridized carbons (Fsp3) is 0.0909. The van der Waals surface area contributed by atoms with Gasteiger partial charge in [0.05, 0.1) is 6.54 Å². The highest BCUT2D eigenvalue weighted by Crippen LogP contribution is 2.25. The number of hydrogen-bond donors (Lipinski definition) is 0. The van der Waals surface area contributed by atoms with Crippen LogP contribution in [0.3, 0.4) is 0 Å². The minimum atomic E-state index is -0.477. The molecule has 1 amide bonds. The number of hydrogen-bond acceptors (Lipinski definition) is 3. The highest BCUT2D eigenvalue weighted by Gasteiger charge is 2.22. The predicted molar refractivity (Wildman–Crippen MR) is 108 cm³/mol. The van der Waals surface area contributed by atoms with Crippen LogP contribution in [0.2, 0.25) is 5.02 Å². The molecule has 0 saturated heterocycles. The predicted octanol–water partition coefficient (Wildman–Crippen LogP) is 5.29. The lowest BCUT2D eigenvalue weighted by Crippen LogP contribution is -2.31. The lowest BCUT2D eigenvalue weighted by Gasteiger charge is -2.23. The minimum Gasteiger partial charge on any atom is -0.490 e. The number of carbonyl (C=O) groups is 1. The number of carbonyl (C=O) groups excluding carboxylic acids is 1. The molecule has 0 atom stereocenters. The minimum absolute atomic E-state index is 0.0456. The van der Waals surface area contributed by atoms with Gasteiger partial charge in [-0.2, -0.15) is 0 Å². The summed E-state index contributed by atoms with van der Waals surface area (Å²) in [7, 11) is 0. The molecule has 4 nitrogen and oxygen atoms in total. The van der Waals surface area contributed by atoms with Gasteiger partial charge in [0.1, 0.15) is 24.0 Å². The molecule has 0 spiro atoms. The van der Waals surface area contributed by atoms with Gasteiger partial charge >= 0.3 is 0 Å². The average molecular weight is 397 g/mol. The first-order chi connectivity index (χ1) is 13.6. The molecule has 6 heteroatoms. The molecule has 0 unspecified atom stereocenters. The number of ether oxygens (including phenoxy) is 1. The first kappa shape index (κ1) is 19.6. The van der Waals surface area contributed by atoms with E-state index in [0.717, 1.165) is 0 Å². The van der Waals surface area contributed by atoms with Crippen molar-refractivity contribution in [3.63, 3.8) is 0 Å². The Hall–Kier alpha value is -3.18. The molecule has 0 N–H and O–H groups in total. The summed E-state index contributed by atoms with van der Waals surface area (Å²) in [4.78, 5) is 18.8. The number of benzene rings is 2. The Kier molecular flexibility index (Phi) is 6.40. The van der Waals surface area contributed by atoms with Gasteiger partial charge in [-0.05, 0) is 48.5 Å². The fourth-order valence-corrected chi connectivity index (χ4v) is 2.84. The lowest BCUT2D eigenvalue weighted by molar-refractivity contribution is 0.0984. The van der Waals surface area contributed by atoms with Crippen LogP contribution >= 0.6 is 11.6 Å². The van der Waals surface area contributed by atoms with Crippen LogP contribution in [0.15, 0.2) is 79.5 Å². The molecule has 1 heterocycles. The van der Waals surface area contributed by atoms with Crippen molar-refractivity contribution in [2.24, 2.45) is 0 Å². The van der Waals surface area contributed by atoms with Crippen molar-refractivity contribution in [2.75, 3.05) is 11.5 Å². The summed E-state index contributed by atoms with van der Waals surface area (Å²) in [6.07, 6.45) is 3.21. The van der Waals surface area contributed by atoms with Crippen molar-refractivity contribution in [1.29, 1.82) is 0 Å². The van der Waals surface area contributed by atoms with Gasteiger partial charge < -0.3 is 4.74 Å². The van der Waals surface area contributed by atoms with E-state index in [2.05, 4.69) is 11.6 Å². The molecule has 1 aromatic heterocycles. The summed E-state index contributed by atoms with van der Waals surface area (Å²) in [5, 5.41) is 0.252. The van der Waals surface area contributed by atoms with E-state index in [0.29, 0.717) is 23.7 Å². The molecule has 0 radical (unpaired) electrons. The molecule has 0 aliphatic rings. The third-order valence-electron chi connectivity index (χ3n) is 4.02. The number of nitrogens with zero attached hydrogens (tertiary/aromatic N) is 2. The summed E-state index contributed by atoms with van der Waals surface area (Å²) in [5.74, 6) is 0.222. The molecule has 3 rings (SSSR count). The molecule has 0 saturated carbocycles. The zero-order chi connectivity index (χ0) is 19.9. The van der Waals surface area contributed by atoms with Crippen molar-refractivity contribution < 1.29 is 13.9 Å². The van der Waals surface area contributed by atoms with E-state index in [1.54, 1.807) is 60.8 Å². The van der Waals surface area contributed by atoms with Crippen LogP contribution in [-0.4, -0.2) is 17.5 Å². The number of halogens is 2. The summed E-state index contributed by atoms with van der Waals surface area (Å²) in [6.45, 7) is 3.93. The van der Waals surface area contributed by atoms with Gasteiger partial charge in [-0.1, -0.05) is 36.4 Å². The number of anilines is 1. The third kappa shape index (κ3) is 4.56. The second-order valence-corrected chi connectivity index (χ2v) is 6.31. The normalized spacial score (nSPS) is 10.4. The maximum Gasteiger partial charge on any atom is 0.259 e. The topological polar surface area (TPSA) is 42.4 Å². The molecule has 0 aliphatic heterocycles. The Labute approximate surface area is 167 Å². The largest absolute Gasteiger partial charge is 0.490 e. The molecule has 0 aliphatic carbocycles. The number of rotatable bonds is 7. The van der Waals surface area contributed by atoms with Crippen LogP contribution in [-0.2, 0) is 6.54 Å². The van der Waals surface area contributed by atoms with Crippen LogP contribution in [0.1, 0.15) is 15.9 Å². The molecule has 0 fully saturated rings. The molecule has 142 valence electrons. The molecule has 3 aromatic rings. The van der Waals surface area contributed by atoms with E-state index >= 15 is 0 Å². The van der Waals surface area contributed by atoms with Gasteiger partial charge in [0.2, 0.25) is 0 Å². The summed E-state index contributed by atoms with van der Waals surface area (Å²) < 4.78 is 19.7. The third-order valence-corrected chi connectivity index (χ3v) is 4.37. The number of aromatic nitrogens is 1. The van der Waals surface area contributed by atoms with Crippen LogP contribution in [0.4, 0.5) is 10.2 Å². The monoisotopic (exact) mass is 396 g/mol. The SMILES string of the molecule is C=CCOc1ccc(C(=O)N(Cc2c(F)cccc2Cl)c2ccccn2)cc1. The first-order valence-electron chi connectivity index (χ1n) is 8.59. The van der Waals surface area contributed by atoms with Gasteiger partial charge in [0.25, 0.3) is 5.91 Å². The van der Waals surface area contributed by atoms with E-state index in [1.807, 2.05) is 0 Å². The smallest absolute Gasteiger partial charge is 0.259 e. The first-order valence-corrected chi connectivity index (χ1v) is 8.97. The van der Waals surface area contributed by atoms with Crippen molar-refractivity contribution >= 4 is 23.3 Å². The Balaban J connectivity index is 1.93. The zero-order valence-corrected chi connectivity index (χ0v) is 15.8. The van der Waals surface area contributed by atoms with Crippen LogP contribution in [0.25, 0.3) is 0 Å². The van der Waals surface area contributed by atoms with Gasteiger partial charge in [-0.25, -0.2) is 9.37 Å². The zero-order valence-electron chi connectivity index (χ0n) is 15.0. The Morgan fingerprint density at radius 2 is 1.93 bits per heavy atom. The van der Waals surface area contributed by atoms with Gasteiger partial charge in [-0.3, -0.25) is 9.69 Å². The molecular weight excluding hydrogens is 379 g/mol. The fourth-order valence-electron chi connectivity index (χ4n) is 2.62. The van der Waals surface area contributed by atoms with E-state index in [4.69, 9.17) is 16.3 Å². The second kappa shape index (κ2) is 9.15. The van der Waals surface area contributed by atoms with Gasteiger partial charge in [0, 0.05) is 22.3 Å². The summed E-state index contributed by atoms with van der Waals surface area (Å²) in [5.41, 5.74) is 0.651. The standard InChI is InChI=1S/C22H18ClFN2O2/c1-2-14-28-17-11-9-16(10-12-17)22(27)26(21-8-3-4-13-25-21)15-18-19(23)6-5-7-20(18)24/h2-13H,1,14-15H2. The van der Waals surface area contributed by atoms with Crippen molar-refractivity contribution in [3.05, 3.63) is 101 Å².